The predicted molar refractivity (Wildman–Crippen MR) is 89.8 cm³/mol. The van der Waals surface area contributed by atoms with Crippen molar-refractivity contribution in [3.63, 3.8) is 0 Å². The summed E-state index contributed by atoms with van der Waals surface area (Å²) in [7, 11) is 0. The summed E-state index contributed by atoms with van der Waals surface area (Å²) in [6, 6.07) is 2.41. The van der Waals surface area contributed by atoms with Crippen LogP contribution in [0.5, 0.6) is 0 Å². The Morgan fingerprint density at radius 3 is 1.74 bits per heavy atom. The zero-order valence-electron chi connectivity index (χ0n) is 16.2. The molecule has 0 fully saturated rings. The summed E-state index contributed by atoms with van der Waals surface area (Å²) in [6.07, 6.45) is -17.6. The van der Waals surface area contributed by atoms with Crippen molar-refractivity contribution in [2.75, 3.05) is 0 Å². The largest absolute Gasteiger partial charge is 0.458 e. The number of pyridine rings is 1. The van der Waals surface area contributed by atoms with Crippen LogP contribution in [0.1, 0.15) is 22.4 Å². The zero-order chi connectivity index (χ0) is 25.9. The Bertz CT molecular complexity index is 1200. The molecule has 0 bridgehead atoms. The molecule has 184 valence electrons. The van der Waals surface area contributed by atoms with Gasteiger partial charge in [0.05, 0.1) is 28.1 Å². The maximum atomic E-state index is 14.5. The summed E-state index contributed by atoms with van der Waals surface area (Å²) >= 11 is 0. The van der Waals surface area contributed by atoms with E-state index in [9.17, 15) is 52.7 Å². The van der Waals surface area contributed by atoms with Crippen LogP contribution in [0.15, 0.2) is 34.9 Å². The van der Waals surface area contributed by atoms with E-state index in [4.69, 9.17) is 0 Å². The van der Waals surface area contributed by atoms with Crippen molar-refractivity contribution in [2.24, 2.45) is 0 Å². The number of alkyl halides is 11. The van der Waals surface area contributed by atoms with Gasteiger partial charge in [0, 0.05) is 11.6 Å². The Morgan fingerprint density at radius 1 is 0.765 bits per heavy atom. The van der Waals surface area contributed by atoms with E-state index >= 15 is 0 Å². The average Bonchev–Trinajstić information content (AvgIpc) is 3.10. The second-order valence-electron chi connectivity index (χ2n) is 6.85. The van der Waals surface area contributed by atoms with Crippen molar-refractivity contribution in [2.45, 2.75) is 31.4 Å². The van der Waals surface area contributed by atoms with Gasteiger partial charge in [-0.15, -0.1) is 0 Å². The minimum Gasteiger partial charge on any atom is -0.356 e. The fraction of sp³-hybridized carbons (Fsp3) is 0.263. The molecule has 3 nitrogen and oxygen atoms in total. The van der Waals surface area contributed by atoms with Crippen LogP contribution >= 0.6 is 0 Å². The number of aryl methyl sites for hydroxylation is 1. The molecular weight excluding hydrogens is 500 g/mol. The normalized spacial score (nSPS) is 13.4. The first-order valence-corrected chi connectivity index (χ1v) is 8.72. The summed E-state index contributed by atoms with van der Waals surface area (Å²) in [5.74, 6) is -10.1. The smallest absolute Gasteiger partial charge is 0.356 e. The first kappa shape index (κ1) is 25.4. The van der Waals surface area contributed by atoms with Crippen LogP contribution in [-0.2, 0) is 18.3 Å². The molecule has 34 heavy (non-hydrogen) atoms. The van der Waals surface area contributed by atoms with Crippen LogP contribution in [0.3, 0.4) is 0 Å². The highest BCUT2D eigenvalue weighted by atomic mass is 19.4. The van der Waals surface area contributed by atoms with Gasteiger partial charge < -0.3 is 4.52 Å². The van der Waals surface area contributed by atoms with Gasteiger partial charge in [-0.1, -0.05) is 17.3 Å². The number of rotatable bonds is 3. The number of halogens is 12. The van der Waals surface area contributed by atoms with E-state index in [2.05, 4.69) is 14.7 Å². The maximum absolute atomic E-state index is 14.5. The van der Waals surface area contributed by atoms with Crippen molar-refractivity contribution in [1.82, 2.24) is 10.1 Å². The van der Waals surface area contributed by atoms with E-state index in [-0.39, 0.29) is 5.69 Å². The third-order valence-corrected chi connectivity index (χ3v) is 4.47. The molecule has 2 aromatic heterocycles. The molecule has 0 saturated heterocycles. The van der Waals surface area contributed by atoms with Gasteiger partial charge >= 0.3 is 24.5 Å². The number of aromatic nitrogens is 2. The minimum absolute atomic E-state index is 0.174. The van der Waals surface area contributed by atoms with E-state index in [0.717, 1.165) is 6.92 Å². The fourth-order valence-corrected chi connectivity index (χ4v) is 3.02. The Labute approximate surface area is 181 Å². The van der Waals surface area contributed by atoms with Crippen molar-refractivity contribution in [1.29, 1.82) is 0 Å². The van der Waals surface area contributed by atoms with Crippen molar-refractivity contribution < 1.29 is 57.2 Å². The van der Waals surface area contributed by atoms with Gasteiger partial charge in [-0.2, -0.15) is 52.7 Å². The molecule has 0 saturated carbocycles. The molecule has 2 heterocycles. The SMILES string of the molecule is Cc1cc(-c2c(-c3ccc(C(F)(F)F)cc3)nc(F)c(C(F)(F)F)c2C(F)(F)C(F)(F)F)on1. The maximum Gasteiger partial charge on any atom is 0.458 e. The van der Waals surface area contributed by atoms with Crippen molar-refractivity contribution in [3.05, 3.63) is 58.7 Å². The minimum atomic E-state index is -6.64. The van der Waals surface area contributed by atoms with Crippen LogP contribution in [0.25, 0.3) is 22.6 Å². The molecular formula is C19H8F12N2O. The number of hydrogen-bond donors (Lipinski definition) is 0. The molecule has 0 aliphatic carbocycles. The van der Waals surface area contributed by atoms with Crippen LogP contribution in [0.4, 0.5) is 52.7 Å². The van der Waals surface area contributed by atoms with E-state index in [1.54, 1.807) is 0 Å². The molecule has 0 unspecified atom stereocenters. The molecule has 3 rings (SSSR count). The third-order valence-electron chi connectivity index (χ3n) is 4.47. The lowest BCUT2D eigenvalue weighted by Gasteiger charge is -2.26. The van der Waals surface area contributed by atoms with E-state index in [0.29, 0.717) is 30.3 Å². The number of nitrogens with zero attached hydrogens (tertiary/aromatic N) is 2. The fourth-order valence-electron chi connectivity index (χ4n) is 3.02. The van der Waals surface area contributed by atoms with Crippen LogP contribution < -0.4 is 0 Å². The van der Waals surface area contributed by atoms with Crippen molar-refractivity contribution >= 4 is 0 Å². The van der Waals surface area contributed by atoms with Gasteiger partial charge in [0.1, 0.15) is 5.56 Å². The zero-order valence-corrected chi connectivity index (χ0v) is 16.2. The standard InChI is InChI=1S/C19H8F12N2O/c1-7-6-10(34-33-7)11-12(16(21,22)19(29,30)31)13(18(26,27)28)15(20)32-14(11)8-2-4-9(5-3-8)17(23,24)25/h2-6H,1H3. The number of hydrogen-bond acceptors (Lipinski definition) is 3. The lowest BCUT2D eigenvalue weighted by atomic mass is 9.90. The molecule has 0 spiro atoms. The van der Waals surface area contributed by atoms with Crippen LogP contribution in [0, 0.1) is 12.9 Å². The van der Waals surface area contributed by atoms with E-state index < -0.39 is 69.7 Å². The average molecular weight is 508 g/mol. The Kier molecular flexibility index (Phi) is 5.90. The summed E-state index contributed by atoms with van der Waals surface area (Å²) in [6.45, 7) is 1.15. The first-order chi connectivity index (χ1) is 15.4. The Hall–Kier alpha value is -3.26. The Balaban J connectivity index is 2.51. The molecule has 0 aliphatic rings. The summed E-state index contributed by atoms with van der Waals surface area (Å²) in [5, 5.41) is 3.22. The molecule has 3 aromatic rings. The highest BCUT2D eigenvalue weighted by molar-refractivity contribution is 5.82. The Morgan fingerprint density at radius 2 is 1.32 bits per heavy atom. The van der Waals surface area contributed by atoms with Gasteiger partial charge in [-0.3, -0.25) is 0 Å². The topological polar surface area (TPSA) is 38.9 Å². The molecule has 0 N–H and O–H groups in total. The van der Waals surface area contributed by atoms with Crippen LogP contribution in [-0.4, -0.2) is 16.3 Å². The predicted octanol–water partition coefficient (Wildman–Crippen LogP) is 7.54. The lowest BCUT2D eigenvalue weighted by Crippen LogP contribution is -2.37. The van der Waals surface area contributed by atoms with E-state index in [1.165, 1.54) is 0 Å². The quantitative estimate of drug-likeness (QED) is 0.271. The molecule has 1 aromatic carbocycles. The summed E-state index contributed by atoms with van der Waals surface area (Å²) in [5.41, 5.74) is -11.0. The lowest BCUT2D eigenvalue weighted by molar-refractivity contribution is -0.291. The number of benzene rings is 1. The molecule has 0 amide bonds. The van der Waals surface area contributed by atoms with Gasteiger partial charge in [-0.25, -0.2) is 4.98 Å². The molecule has 0 aliphatic heterocycles. The van der Waals surface area contributed by atoms with Crippen LogP contribution in [0.2, 0.25) is 0 Å². The third kappa shape index (κ3) is 4.42. The monoisotopic (exact) mass is 508 g/mol. The first-order valence-electron chi connectivity index (χ1n) is 8.72. The van der Waals surface area contributed by atoms with Crippen molar-refractivity contribution in [3.8, 4) is 22.6 Å². The van der Waals surface area contributed by atoms with Gasteiger partial charge in [0.15, 0.2) is 5.76 Å². The second kappa shape index (κ2) is 7.91. The summed E-state index contributed by atoms with van der Waals surface area (Å²) in [4.78, 5) is 2.89. The van der Waals surface area contributed by atoms with Gasteiger partial charge in [0.25, 0.3) is 0 Å². The van der Waals surface area contributed by atoms with E-state index in [1.807, 2.05) is 0 Å². The highest BCUT2D eigenvalue weighted by Crippen LogP contribution is 2.53. The molecule has 0 atom stereocenters. The highest BCUT2D eigenvalue weighted by Gasteiger charge is 2.63. The second-order valence-corrected chi connectivity index (χ2v) is 6.85. The van der Waals surface area contributed by atoms with Gasteiger partial charge in [0.2, 0.25) is 5.95 Å². The molecule has 15 heteroatoms. The summed E-state index contributed by atoms with van der Waals surface area (Å²) < 4.78 is 167. The molecule has 0 radical (unpaired) electrons. The van der Waals surface area contributed by atoms with Gasteiger partial charge in [-0.05, 0) is 19.1 Å².